The molecule has 6 rings (SSSR count). The number of aryl methyl sites for hydroxylation is 1. The summed E-state index contributed by atoms with van der Waals surface area (Å²) in [7, 11) is 0. The van der Waals surface area contributed by atoms with Crippen molar-refractivity contribution in [3.8, 4) is 0 Å². The summed E-state index contributed by atoms with van der Waals surface area (Å²) in [6.45, 7) is 0. The molecule has 168 valence electrons. The minimum absolute atomic E-state index is 0.708. The summed E-state index contributed by atoms with van der Waals surface area (Å²) < 4.78 is 0. The van der Waals surface area contributed by atoms with E-state index in [2.05, 4.69) is 30.3 Å². The number of allylic oxidation sites excluding steroid dienone is 4. The Labute approximate surface area is 195 Å². The van der Waals surface area contributed by atoms with Gasteiger partial charge in [-0.2, -0.15) is 0 Å². The Balaban J connectivity index is 1.50. The van der Waals surface area contributed by atoms with Crippen LogP contribution < -0.4 is 0 Å². The van der Waals surface area contributed by atoms with Crippen molar-refractivity contribution in [2.45, 2.75) is 115 Å². The van der Waals surface area contributed by atoms with Crippen LogP contribution in [0.25, 0.3) is 10.8 Å². The molecule has 0 saturated heterocycles. The van der Waals surface area contributed by atoms with Gasteiger partial charge in [-0.3, -0.25) is 0 Å². The van der Waals surface area contributed by atoms with Crippen molar-refractivity contribution >= 4 is 10.8 Å². The van der Waals surface area contributed by atoms with Crippen molar-refractivity contribution in [3.63, 3.8) is 0 Å². The third kappa shape index (κ3) is 3.89. The Bertz CT molecular complexity index is 1030. The molecule has 0 aliphatic heterocycles. The summed E-state index contributed by atoms with van der Waals surface area (Å²) in [5, 5.41) is 3.04. The third-order valence-electron chi connectivity index (χ3n) is 9.12. The minimum atomic E-state index is 0.708. The van der Waals surface area contributed by atoms with Crippen LogP contribution in [-0.4, -0.2) is 0 Å². The number of fused-ring (bicyclic) bond motifs is 4. The first-order valence-corrected chi connectivity index (χ1v) is 13.8. The lowest BCUT2D eigenvalue weighted by molar-refractivity contribution is 0.616. The maximum absolute atomic E-state index is 2.64. The topological polar surface area (TPSA) is 0 Å². The van der Waals surface area contributed by atoms with Gasteiger partial charge in [0, 0.05) is 0 Å². The highest BCUT2D eigenvalue weighted by atomic mass is 14.3. The van der Waals surface area contributed by atoms with E-state index in [0.29, 0.717) is 5.92 Å². The fraction of sp³-hybridized carbons (Fsp3) is 0.562. The molecule has 0 atom stereocenters. The molecule has 0 amide bonds. The van der Waals surface area contributed by atoms with E-state index in [-0.39, 0.29) is 0 Å². The standard InChI is InChI=1S/C32H40/c1-4-12-23-20-26(21-24-13-5-2-7-16-28(24)27(23)15-6-1)32-22-25-14-10-11-17-29(25)30-18-8-3-9-19-31(30)32/h10-11,14,17,22,26H,1-9,12-13,15-16,18-21H2. The quantitative estimate of drug-likeness (QED) is 0.400. The first kappa shape index (κ1) is 20.8. The Hall–Kier alpha value is -1.82. The summed E-state index contributed by atoms with van der Waals surface area (Å²) in [5.74, 6) is 0.708. The van der Waals surface area contributed by atoms with Gasteiger partial charge in [-0.15, -0.1) is 0 Å². The molecule has 0 nitrogen and oxygen atoms in total. The highest BCUT2D eigenvalue weighted by Gasteiger charge is 2.30. The van der Waals surface area contributed by atoms with Crippen LogP contribution in [0.2, 0.25) is 0 Å². The molecule has 2 aromatic rings. The summed E-state index contributed by atoms with van der Waals surface area (Å²) >= 11 is 0. The summed E-state index contributed by atoms with van der Waals surface area (Å²) in [5.41, 5.74) is 12.7. The van der Waals surface area contributed by atoms with Crippen molar-refractivity contribution in [3.05, 3.63) is 69.3 Å². The first-order valence-electron chi connectivity index (χ1n) is 13.8. The lowest BCUT2D eigenvalue weighted by atomic mass is 9.80. The van der Waals surface area contributed by atoms with Crippen LogP contribution in [0.3, 0.4) is 0 Å². The summed E-state index contributed by atoms with van der Waals surface area (Å²) in [6, 6.07) is 11.9. The lowest BCUT2D eigenvalue weighted by Crippen LogP contribution is -2.08. The van der Waals surface area contributed by atoms with Gasteiger partial charge in [-0.25, -0.2) is 0 Å². The van der Waals surface area contributed by atoms with E-state index in [1.54, 1.807) is 22.1 Å². The average Bonchev–Trinajstić information content (AvgIpc) is 3.33. The second-order valence-corrected chi connectivity index (χ2v) is 11.1. The zero-order valence-electron chi connectivity index (χ0n) is 20.0. The van der Waals surface area contributed by atoms with Crippen LogP contribution in [-0.2, 0) is 12.8 Å². The van der Waals surface area contributed by atoms with Crippen LogP contribution in [0.1, 0.15) is 119 Å². The normalized spacial score (nSPS) is 23.0. The Kier molecular flexibility index (Phi) is 5.97. The molecule has 0 unspecified atom stereocenters. The zero-order chi connectivity index (χ0) is 21.3. The molecule has 2 aromatic carbocycles. The molecule has 4 aliphatic rings. The maximum Gasteiger partial charge on any atom is -0.00840 e. The molecule has 4 aliphatic carbocycles. The monoisotopic (exact) mass is 424 g/mol. The van der Waals surface area contributed by atoms with Crippen molar-refractivity contribution in [2.75, 3.05) is 0 Å². The van der Waals surface area contributed by atoms with Gasteiger partial charge in [-0.05, 0) is 134 Å². The Morgan fingerprint density at radius 3 is 1.78 bits per heavy atom. The summed E-state index contributed by atoms with van der Waals surface area (Å²) in [6.07, 6.45) is 23.5. The average molecular weight is 425 g/mol. The molecule has 0 fully saturated rings. The Morgan fingerprint density at radius 1 is 0.531 bits per heavy atom. The second-order valence-electron chi connectivity index (χ2n) is 11.1. The van der Waals surface area contributed by atoms with Crippen LogP contribution in [0.15, 0.2) is 52.6 Å². The van der Waals surface area contributed by atoms with Gasteiger partial charge >= 0.3 is 0 Å². The number of hydrogen-bond donors (Lipinski definition) is 0. The van der Waals surface area contributed by atoms with E-state index in [9.17, 15) is 0 Å². The van der Waals surface area contributed by atoms with Gasteiger partial charge in [0.05, 0.1) is 0 Å². The maximum atomic E-state index is 2.64. The largest absolute Gasteiger partial charge is 0.0661 e. The number of rotatable bonds is 1. The van der Waals surface area contributed by atoms with Crippen molar-refractivity contribution in [1.29, 1.82) is 0 Å². The molecule has 32 heavy (non-hydrogen) atoms. The van der Waals surface area contributed by atoms with Gasteiger partial charge in [0.25, 0.3) is 0 Å². The van der Waals surface area contributed by atoms with Gasteiger partial charge < -0.3 is 0 Å². The van der Waals surface area contributed by atoms with E-state index in [4.69, 9.17) is 0 Å². The zero-order valence-corrected chi connectivity index (χ0v) is 20.0. The molecule has 0 bridgehead atoms. The highest BCUT2D eigenvalue weighted by Crippen LogP contribution is 2.48. The second kappa shape index (κ2) is 9.20. The molecular weight excluding hydrogens is 384 g/mol. The van der Waals surface area contributed by atoms with E-state index >= 15 is 0 Å². The van der Waals surface area contributed by atoms with Crippen LogP contribution in [0.4, 0.5) is 0 Å². The molecule has 0 heterocycles. The molecule has 0 N–H and O–H groups in total. The molecule has 0 radical (unpaired) electrons. The SMILES string of the molecule is c1ccc2c3c(c(C4CC5=C(CCCCC5)C5=C(CCCCC5)C4)cc2c1)CCCCC3. The Morgan fingerprint density at radius 2 is 1.09 bits per heavy atom. The molecule has 0 heteroatoms. The van der Waals surface area contributed by atoms with Crippen LogP contribution in [0.5, 0.6) is 0 Å². The van der Waals surface area contributed by atoms with Crippen molar-refractivity contribution in [2.24, 2.45) is 0 Å². The first-order chi connectivity index (χ1) is 15.9. The van der Waals surface area contributed by atoms with E-state index < -0.39 is 0 Å². The molecule has 0 saturated carbocycles. The van der Waals surface area contributed by atoms with Crippen LogP contribution in [0, 0.1) is 0 Å². The van der Waals surface area contributed by atoms with E-state index in [1.807, 2.05) is 22.3 Å². The fourth-order valence-corrected chi connectivity index (χ4v) is 7.57. The lowest BCUT2D eigenvalue weighted by Gasteiger charge is -2.25. The highest BCUT2D eigenvalue weighted by molar-refractivity contribution is 5.88. The fourth-order valence-electron chi connectivity index (χ4n) is 7.57. The predicted molar refractivity (Wildman–Crippen MR) is 137 cm³/mol. The minimum Gasteiger partial charge on any atom is -0.0661 e. The molecule has 0 aromatic heterocycles. The molecule has 0 spiro atoms. The van der Waals surface area contributed by atoms with E-state index in [0.717, 1.165) is 0 Å². The predicted octanol–water partition coefficient (Wildman–Crippen LogP) is 9.51. The molecular formula is C32H40. The van der Waals surface area contributed by atoms with E-state index in [1.165, 1.54) is 115 Å². The number of benzene rings is 2. The number of hydrogen-bond acceptors (Lipinski definition) is 0. The van der Waals surface area contributed by atoms with Gasteiger partial charge in [0.2, 0.25) is 0 Å². The third-order valence-corrected chi connectivity index (χ3v) is 9.12. The smallest absolute Gasteiger partial charge is 0.00840 e. The van der Waals surface area contributed by atoms with Crippen molar-refractivity contribution < 1.29 is 0 Å². The van der Waals surface area contributed by atoms with Crippen molar-refractivity contribution in [1.82, 2.24) is 0 Å². The summed E-state index contributed by atoms with van der Waals surface area (Å²) in [4.78, 5) is 0. The van der Waals surface area contributed by atoms with Gasteiger partial charge in [-0.1, -0.05) is 60.7 Å². The van der Waals surface area contributed by atoms with Gasteiger partial charge in [0.1, 0.15) is 0 Å². The van der Waals surface area contributed by atoms with Gasteiger partial charge in [0.15, 0.2) is 0 Å². The van der Waals surface area contributed by atoms with Crippen LogP contribution >= 0.6 is 0 Å².